The van der Waals surface area contributed by atoms with Crippen LogP contribution in [0.1, 0.15) is 30.9 Å². The standard InChI is InChI=1S/C25H25ClF3N7O3/c26-14-1-2-15(16(9-14)18-12-31-5-6-32-18)21(25(27,28)29)39-20-10-19(34-23(30)35-20)36-7-3-24(4-8-36)11-17(22(37)38)33-13-24/h1-2,5-6,9-10,12,17,21,33H,3-4,7-8,11,13H2,(H,37,38)(H2,30,34,35)/t17?,21-/m1/s1. The van der Waals surface area contributed by atoms with E-state index in [1.165, 1.54) is 42.9 Å². The van der Waals surface area contributed by atoms with E-state index in [-0.39, 0.29) is 39.1 Å². The minimum Gasteiger partial charge on any atom is -0.480 e. The number of halogens is 4. The second-order valence-electron chi connectivity index (χ2n) is 9.75. The van der Waals surface area contributed by atoms with E-state index >= 15 is 0 Å². The van der Waals surface area contributed by atoms with Gasteiger partial charge in [-0.05, 0) is 36.8 Å². The van der Waals surface area contributed by atoms with Crippen LogP contribution in [0.3, 0.4) is 0 Å². The first-order chi connectivity index (χ1) is 18.5. The summed E-state index contributed by atoms with van der Waals surface area (Å²) >= 11 is 6.10. The van der Waals surface area contributed by atoms with Gasteiger partial charge in [0.05, 0.1) is 11.9 Å². The summed E-state index contributed by atoms with van der Waals surface area (Å²) in [6, 6.07) is 4.71. The summed E-state index contributed by atoms with van der Waals surface area (Å²) in [6.45, 7) is 1.65. The number of nitrogens with zero attached hydrogens (tertiary/aromatic N) is 5. The molecule has 2 aliphatic heterocycles. The van der Waals surface area contributed by atoms with Crippen LogP contribution in [0.25, 0.3) is 11.3 Å². The third-order valence-corrected chi connectivity index (χ3v) is 7.42. The second kappa shape index (κ2) is 10.5. The van der Waals surface area contributed by atoms with Gasteiger partial charge in [-0.3, -0.25) is 14.8 Å². The minimum atomic E-state index is -4.82. The Morgan fingerprint density at radius 1 is 1.23 bits per heavy atom. The van der Waals surface area contributed by atoms with Crippen LogP contribution in [0.15, 0.2) is 42.9 Å². The molecule has 2 aromatic heterocycles. The predicted molar refractivity (Wildman–Crippen MR) is 136 cm³/mol. The van der Waals surface area contributed by atoms with Crippen molar-refractivity contribution in [3.63, 3.8) is 0 Å². The molecule has 39 heavy (non-hydrogen) atoms. The zero-order chi connectivity index (χ0) is 27.8. The number of benzene rings is 1. The van der Waals surface area contributed by atoms with E-state index in [0.29, 0.717) is 44.7 Å². The Morgan fingerprint density at radius 2 is 2.00 bits per heavy atom. The summed E-state index contributed by atoms with van der Waals surface area (Å²) in [5.74, 6) is -1.11. The van der Waals surface area contributed by atoms with Gasteiger partial charge >= 0.3 is 12.1 Å². The summed E-state index contributed by atoms with van der Waals surface area (Å²) in [5.41, 5.74) is 5.83. The lowest BCUT2D eigenvalue weighted by Crippen LogP contribution is -2.41. The number of ether oxygens (including phenoxy) is 1. The minimum absolute atomic E-state index is 0.117. The molecule has 0 aliphatic carbocycles. The Bertz CT molecular complexity index is 1350. The quantitative estimate of drug-likeness (QED) is 0.405. The van der Waals surface area contributed by atoms with E-state index in [0.717, 1.165) is 0 Å². The molecule has 10 nitrogen and oxygen atoms in total. The van der Waals surface area contributed by atoms with Crippen molar-refractivity contribution < 1.29 is 27.8 Å². The summed E-state index contributed by atoms with van der Waals surface area (Å²) in [7, 11) is 0. The maximum Gasteiger partial charge on any atom is 0.429 e. The predicted octanol–water partition coefficient (Wildman–Crippen LogP) is 3.88. The molecule has 2 fully saturated rings. The highest BCUT2D eigenvalue weighted by molar-refractivity contribution is 6.30. The second-order valence-corrected chi connectivity index (χ2v) is 10.2. The van der Waals surface area contributed by atoms with Gasteiger partial charge in [0.15, 0.2) is 0 Å². The lowest BCUT2D eigenvalue weighted by atomic mass is 9.76. The van der Waals surface area contributed by atoms with Crippen LogP contribution in [0, 0.1) is 5.41 Å². The number of anilines is 2. The molecule has 0 saturated carbocycles. The Labute approximate surface area is 226 Å². The number of aliphatic carboxylic acids is 1. The molecule has 0 bridgehead atoms. The summed E-state index contributed by atoms with van der Waals surface area (Å²) in [5, 5.41) is 12.6. The molecule has 4 N–H and O–H groups in total. The Morgan fingerprint density at radius 3 is 2.64 bits per heavy atom. The number of alkyl halides is 3. The molecule has 1 unspecified atom stereocenters. The number of piperidine rings is 1. The van der Waals surface area contributed by atoms with E-state index in [9.17, 15) is 23.1 Å². The Balaban J connectivity index is 1.40. The van der Waals surface area contributed by atoms with Gasteiger partial charge in [-0.25, -0.2) is 0 Å². The highest BCUT2D eigenvalue weighted by atomic mass is 35.5. The van der Waals surface area contributed by atoms with Crippen LogP contribution in [0.2, 0.25) is 5.02 Å². The van der Waals surface area contributed by atoms with Crippen molar-refractivity contribution in [3.05, 3.63) is 53.4 Å². The van der Waals surface area contributed by atoms with Crippen LogP contribution >= 0.6 is 11.6 Å². The first kappa shape index (κ1) is 26.9. The molecule has 14 heteroatoms. The average Bonchev–Trinajstić information content (AvgIpc) is 3.31. The van der Waals surface area contributed by atoms with E-state index < -0.39 is 24.3 Å². The number of carboxylic acid groups (broad SMARTS) is 1. The van der Waals surface area contributed by atoms with Crippen molar-refractivity contribution in [2.75, 3.05) is 30.3 Å². The zero-order valence-electron chi connectivity index (χ0n) is 20.5. The number of nitrogens with two attached hydrogens (primary N) is 1. The van der Waals surface area contributed by atoms with Crippen molar-refractivity contribution in [2.24, 2.45) is 5.41 Å². The number of carboxylic acids is 1. The van der Waals surface area contributed by atoms with Gasteiger partial charge in [0.2, 0.25) is 17.9 Å². The number of nitrogen functional groups attached to an aromatic ring is 1. The zero-order valence-corrected chi connectivity index (χ0v) is 21.3. The van der Waals surface area contributed by atoms with Gasteiger partial charge in [0.1, 0.15) is 11.9 Å². The van der Waals surface area contributed by atoms with Crippen molar-refractivity contribution in [1.82, 2.24) is 25.3 Å². The maximum atomic E-state index is 14.4. The Kier molecular flexibility index (Phi) is 7.21. The smallest absolute Gasteiger partial charge is 0.429 e. The highest BCUT2D eigenvalue weighted by Crippen LogP contribution is 2.43. The lowest BCUT2D eigenvalue weighted by molar-refractivity contribution is -0.198. The van der Waals surface area contributed by atoms with Gasteiger partial charge in [-0.2, -0.15) is 23.1 Å². The van der Waals surface area contributed by atoms with Crippen LogP contribution in [-0.2, 0) is 4.79 Å². The van der Waals surface area contributed by atoms with Crippen LogP contribution in [-0.4, -0.2) is 62.9 Å². The average molecular weight is 564 g/mol. The van der Waals surface area contributed by atoms with Gasteiger partial charge in [0, 0.05) is 54.2 Å². The van der Waals surface area contributed by atoms with Crippen molar-refractivity contribution in [1.29, 1.82) is 0 Å². The summed E-state index contributed by atoms with van der Waals surface area (Å²) in [4.78, 5) is 29.5. The van der Waals surface area contributed by atoms with E-state index in [1.807, 2.05) is 4.90 Å². The van der Waals surface area contributed by atoms with Crippen LogP contribution in [0.5, 0.6) is 5.88 Å². The molecule has 4 heterocycles. The molecule has 2 atom stereocenters. The van der Waals surface area contributed by atoms with Gasteiger partial charge in [0.25, 0.3) is 0 Å². The number of aromatic nitrogens is 4. The number of hydrogen-bond donors (Lipinski definition) is 3. The van der Waals surface area contributed by atoms with E-state index in [1.54, 1.807) is 0 Å². The van der Waals surface area contributed by atoms with Crippen LogP contribution in [0.4, 0.5) is 24.9 Å². The first-order valence-electron chi connectivity index (χ1n) is 12.2. The molecule has 2 aliphatic rings. The van der Waals surface area contributed by atoms with Crippen molar-refractivity contribution >= 4 is 29.3 Å². The monoisotopic (exact) mass is 563 g/mol. The van der Waals surface area contributed by atoms with E-state index in [2.05, 4.69) is 25.3 Å². The maximum absolute atomic E-state index is 14.4. The number of carbonyl (C=O) groups is 1. The molecule has 5 rings (SSSR count). The normalized spacial score (nSPS) is 19.7. The summed E-state index contributed by atoms with van der Waals surface area (Å²) < 4.78 is 48.6. The van der Waals surface area contributed by atoms with Gasteiger partial charge in [-0.15, -0.1) is 0 Å². The molecule has 2 saturated heterocycles. The molecule has 3 aromatic rings. The highest BCUT2D eigenvalue weighted by Gasteiger charge is 2.46. The third kappa shape index (κ3) is 5.83. The number of rotatable bonds is 6. The number of nitrogens with one attached hydrogen (secondary N) is 1. The molecule has 0 radical (unpaired) electrons. The van der Waals surface area contributed by atoms with E-state index in [4.69, 9.17) is 22.1 Å². The molecule has 206 valence electrons. The number of hydrogen-bond acceptors (Lipinski definition) is 9. The molecule has 1 aromatic carbocycles. The largest absolute Gasteiger partial charge is 0.480 e. The third-order valence-electron chi connectivity index (χ3n) is 7.19. The van der Waals surface area contributed by atoms with Gasteiger partial charge < -0.3 is 25.8 Å². The van der Waals surface area contributed by atoms with Crippen molar-refractivity contribution in [3.8, 4) is 17.1 Å². The molecule has 1 spiro atoms. The molecular formula is C25H25ClF3N7O3. The Hall–Kier alpha value is -3.71. The van der Waals surface area contributed by atoms with Crippen molar-refractivity contribution in [2.45, 2.75) is 37.6 Å². The molecular weight excluding hydrogens is 539 g/mol. The van der Waals surface area contributed by atoms with Gasteiger partial charge in [-0.1, -0.05) is 17.7 Å². The lowest BCUT2D eigenvalue weighted by Gasteiger charge is -2.39. The SMILES string of the molecule is Nc1nc(O[C@H](c2ccc(Cl)cc2-c2cnccn2)C(F)(F)F)cc(N2CCC3(CC2)CNC(C(=O)O)C3)n1. The fraction of sp³-hybridized carbons (Fsp3) is 0.400. The first-order valence-corrected chi connectivity index (χ1v) is 12.6. The topological polar surface area (TPSA) is 139 Å². The fourth-order valence-electron chi connectivity index (χ4n) is 5.18. The molecule has 0 amide bonds. The van der Waals surface area contributed by atoms with Crippen LogP contribution < -0.4 is 20.7 Å². The summed E-state index contributed by atoms with van der Waals surface area (Å²) in [6.07, 6.45) is -1.19. The fourth-order valence-corrected chi connectivity index (χ4v) is 5.35.